The van der Waals surface area contributed by atoms with Crippen molar-refractivity contribution in [2.45, 2.75) is 44.6 Å². The Labute approximate surface area is 236 Å². The summed E-state index contributed by atoms with van der Waals surface area (Å²) in [6.45, 7) is 1.48. The number of hydrazone groups is 1. The molecule has 0 bridgehead atoms. The molecule has 10 nitrogen and oxygen atoms in total. The van der Waals surface area contributed by atoms with Gasteiger partial charge in [0, 0.05) is 18.6 Å². The standard InChI is InChI=1S/C31H28N4O6/c1-19(36)28-27-16-24(26-17-25(21-8-4-2-5-9-21)32-34(26)22-10-6-3-7-11-22)29(33(27)30(28)37)31(38)41-18-20-12-14-23(15-13-20)35(39)40/h2-15,19,26-28,36H,16-18H2,1H3/t19-,26+,27-,28-/m1/s1. The maximum atomic E-state index is 13.7. The number of nitrogens with zero attached hydrogens (tertiary/aromatic N) is 4. The first-order chi connectivity index (χ1) is 19.8. The van der Waals surface area contributed by atoms with Crippen molar-refractivity contribution < 1.29 is 24.4 Å². The highest BCUT2D eigenvalue weighted by Crippen LogP contribution is 2.47. The molecule has 1 N–H and O–H groups in total. The maximum Gasteiger partial charge on any atom is 0.355 e. The summed E-state index contributed by atoms with van der Waals surface area (Å²) in [6.07, 6.45) is 0.0708. The average Bonchev–Trinajstić information content (AvgIpc) is 3.57. The highest BCUT2D eigenvalue weighted by atomic mass is 16.6. The van der Waals surface area contributed by atoms with Crippen LogP contribution in [0, 0.1) is 16.0 Å². The number of para-hydroxylation sites is 1. The number of carbonyl (C=O) groups is 2. The van der Waals surface area contributed by atoms with Crippen molar-refractivity contribution in [1.82, 2.24) is 4.90 Å². The maximum absolute atomic E-state index is 13.7. The van der Waals surface area contributed by atoms with Crippen molar-refractivity contribution in [2.75, 3.05) is 5.01 Å². The molecule has 1 fully saturated rings. The molecule has 1 saturated heterocycles. The number of hydrogen-bond acceptors (Lipinski definition) is 8. The zero-order valence-electron chi connectivity index (χ0n) is 22.3. The van der Waals surface area contributed by atoms with E-state index in [1.165, 1.54) is 29.2 Å². The number of anilines is 1. The van der Waals surface area contributed by atoms with Gasteiger partial charge in [0.05, 0.1) is 40.4 Å². The first kappa shape index (κ1) is 26.4. The van der Waals surface area contributed by atoms with Crippen molar-refractivity contribution in [1.29, 1.82) is 0 Å². The normalized spacial score (nSPS) is 22.2. The van der Waals surface area contributed by atoms with Crippen LogP contribution in [0.25, 0.3) is 0 Å². The Bertz CT molecular complexity index is 1550. The number of nitro benzene ring substituents is 1. The van der Waals surface area contributed by atoms with Crippen LogP contribution in [-0.2, 0) is 20.9 Å². The number of benzene rings is 3. The molecule has 4 atom stereocenters. The Morgan fingerprint density at radius 2 is 1.71 bits per heavy atom. The van der Waals surface area contributed by atoms with Crippen LogP contribution >= 0.6 is 0 Å². The second-order valence-corrected chi connectivity index (χ2v) is 10.4. The Balaban J connectivity index is 1.35. The van der Waals surface area contributed by atoms with Crippen molar-refractivity contribution >= 4 is 29.0 Å². The molecule has 0 unspecified atom stereocenters. The molecule has 0 aromatic heterocycles. The molecule has 41 heavy (non-hydrogen) atoms. The third-order valence-electron chi connectivity index (χ3n) is 7.91. The second kappa shape index (κ2) is 10.6. The first-order valence-corrected chi connectivity index (χ1v) is 13.5. The van der Waals surface area contributed by atoms with Crippen molar-refractivity contribution in [3.05, 3.63) is 117 Å². The predicted octanol–water partition coefficient (Wildman–Crippen LogP) is 4.19. The second-order valence-electron chi connectivity index (χ2n) is 10.4. The van der Waals surface area contributed by atoms with Gasteiger partial charge < -0.3 is 14.7 Å². The lowest BCUT2D eigenvalue weighted by molar-refractivity contribution is -0.384. The minimum Gasteiger partial charge on any atom is -0.456 e. The van der Waals surface area contributed by atoms with E-state index in [1.807, 2.05) is 65.7 Å². The Hall–Kier alpha value is -4.83. The molecule has 10 heteroatoms. The topological polar surface area (TPSA) is 126 Å². The van der Waals surface area contributed by atoms with E-state index < -0.39 is 22.9 Å². The van der Waals surface area contributed by atoms with Gasteiger partial charge in [0.15, 0.2) is 0 Å². The van der Waals surface area contributed by atoms with Gasteiger partial charge >= 0.3 is 5.97 Å². The fourth-order valence-corrected chi connectivity index (χ4v) is 5.93. The number of aliphatic hydroxyl groups excluding tert-OH is 1. The highest BCUT2D eigenvalue weighted by molar-refractivity contribution is 6.05. The molecule has 3 aromatic carbocycles. The largest absolute Gasteiger partial charge is 0.456 e. The Morgan fingerprint density at radius 1 is 1.05 bits per heavy atom. The lowest BCUT2D eigenvalue weighted by atomic mass is 9.82. The molecule has 3 aromatic rings. The first-order valence-electron chi connectivity index (χ1n) is 13.5. The number of fused-ring (bicyclic) bond motifs is 1. The van der Waals surface area contributed by atoms with Gasteiger partial charge in [-0.2, -0.15) is 5.10 Å². The third-order valence-corrected chi connectivity index (χ3v) is 7.91. The lowest BCUT2D eigenvalue weighted by Gasteiger charge is -2.44. The number of ether oxygens (including phenoxy) is 1. The van der Waals surface area contributed by atoms with E-state index >= 15 is 0 Å². The zero-order chi connectivity index (χ0) is 28.7. The molecule has 0 aliphatic carbocycles. The lowest BCUT2D eigenvalue weighted by Crippen LogP contribution is -2.61. The van der Waals surface area contributed by atoms with Gasteiger partial charge in [0.2, 0.25) is 5.91 Å². The van der Waals surface area contributed by atoms with Crippen LogP contribution in [0.2, 0.25) is 0 Å². The minimum atomic E-state index is -0.856. The smallest absolute Gasteiger partial charge is 0.355 e. The molecule has 3 aliphatic rings. The van der Waals surface area contributed by atoms with Crippen LogP contribution in [0.1, 0.15) is 30.9 Å². The highest BCUT2D eigenvalue weighted by Gasteiger charge is 2.58. The number of hydrogen-bond donors (Lipinski definition) is 1. The summed E-state index contributed by atoms with van der Waals surface area (Å²) in [5.74, 6) is -1.57. The summed E-state index contributed by atoms with van der Waals surface area (Å²) in [5, 5.41) is 28.2. The molecule has 208 valence electrons. The van der Waals surface area contributed by atoms with E-state index in [1.54, 1.807) is 6.92 Å². The predicted molar refractivity (Wildman–Crippen MR) is 151 cm³/mol. The van der Waals surface area contributed by atoms with Crippen LogP contribution in [-0.4, -0.2) is 50.7 Å². The van der Waals surface area contributed by atoms with E-state index in [2.05, 4.69) is 0 Å². The van der Waals surface area contributed by atoms with Gasteiger partial charge in [-0.05, 0) is 54.3 Å². The van der Waals surface area contributed by atoms with E-state index in [4.69, 9.17) is 9.84 Å². The van der Waals surface area contributed by atoms with Crippen molar-refractivity contribution in [3.8, 4) is 0 Å². The number of non-ortho nitro benzene ring substituents is 1. The fraction of sp³-hybridized carbons (Fsp3) is 0.258. The SMILES string of the molecule is C[C@@H](O)[C@H]1C(=O)N2C(C(=O)OCc3ccc([N+](=O)[O-])cc3)=C([C@@H]3CC(c4ccccc4)=NN3c3ccccc3)C[C@H]12. The summed E-state index contributed by atoms with van der Waals surface area (Å²) >= 11 is 0. The van der Waals surface area contributed by atoms with Gasteiger partial charge in [-0.25, -0.2) is 4.79 Å². The molecular formula is C31H28N4O6. The fourth-order valence-electron chi connectivity index (χ4n) is 5.93. The number of nitro groups is 1. The molecule has 3 heterocycles. The van der Waals surface area contributed by atoms with Crippen LogP contribution in [0.5, 0.6) is 0 Å². The average molecular weight is 553 g/mol. The van der Waals surface area contributed by atoms with E-state index in [-0.39, 0.29) is 36.0 Å². The number of esters is 1. The number of carbonyl (C=O) groups excluding carboxylic acids is 2. The number of β-lactam (4-membered cyclic amide) rings is 1. The van der Waals surface area contributed by atoms with Crippen LogP contribution < -0.4 is 5.01 Å². The minimum absolute atomic E-state index is 0.0597. The molecular weight excluding hydrogens is 524 g/mol. The van der Waals surface area contributed by atoms with E-state index in [0.29, 0.717) is 18.4 Å². The van der Waals surface area contributed by atoms with E-state index in [0.717, 1.165) is 22.5 Å². The van der Waals surface area contributed by atoms with Gasteiger partial charge in [0.25, 0.3) is 5.69 Å². The van der Waals surface area contributed by atoms with Gasteiger partial charge in [0.1, 0.15) is 12.3 Å². The van der Waals surface area contributed by atoms with Gasteiger partial charge in [-0.1, -0.05) is 48.5 Å². The number of rotatable bonds is 8. The number of amides is 1. The zero-order valence-corrected chi connectivity index (χ0v) is 22.3. The summed E-state index contributed by atoms with van der Waals surface area (Å²) in [6, 6.07) is 24.6. The van der Waals surface area contributed by atoms with E-state index in [9.17, 15) is 24.8 Å². The number of aliphatic hydroxyl groups is 1. The molecule has 0 radical (unpaired) electrons. The summed E-state index contributed by atoms with van der Waals surface area (Å²) in [7, 11) is 0. The van der Waals surface area contributed by atoms with Crippen LogP contribution in [0.3, 0.4) is 0 Å². The van der Waals surface area contributed by atoms with Crippen molar-refractivity contribution in [3.63, 3.8) is 0 Å². The Morgan fingerprint density at radius 3 is 2.34 bits per heavy atom. The Kier molecular flexibility index (Phi) is 6.84. The monoisotopic (exact) mass is 552 g/mol. The summed E-state index contributed by atoms with van der Waals surface area (Å²) in [4.78, 5) is 38.8. The van der Waals surface area contributed by atoms with Gasteiger partial charge in [-0.15, -0.1) is 0 Å². The van der Waals surface area contributed by atoms with Crippen LogP contribution in [0.4, 0.5) is 11.4 Å². The summed E-state index contributed by atoms with van der Waals surface area (Å²) < 4.78 is 5.67. The molecule has 0 saturated carbocycles. The third kappa shape index (κ3) is 4.76. The molecule has 6 rings (SSSR count). The molecule has 1 amide bonds. The van der Waals surface area contributed by atoms with Crippen molar-refractivity contribution in [2.24, 2.45) is 11.0 Å². The van der Waals surface area contributed by atoms with Crippen LogP contribution in [0.15, 0.2) is 101 Å². The van der Waals surface area contributed by atoms with Gasteiger partial charge in [-0.3, -0.25) is 19.9 Å². The summed E-state index contributed by atoms with van der Waals surface area (Å²) in [5.41, 5.74) is 4.13. The molecule has 0 spiro atoms. The molecule has 3 aliphatic heterocycles. The quantitative estimate of drug-likeness (QED) is 0.192.